The number of hydrogen-bond acceptors (Lipinski definition) is 1. The molecule has 1 heterocycles. The zero-order valence-corrected chi connectivity index (χ0v) is 6.52. The summed E-state index contributed by atoms with van der Waals surface area (Å²) in [7, 11) is 0. The molecule has 0 fully saturated rings. The van der Waals surface area contributed by atoms with E-state index in [-0.39, 0.29) is 0 Å². The normalized spacial score (nSPS) is 16.2. The summed E-state index contributed by atoms with van der Waals surface area (Å²) in [6.45, 7) is 2.07. The molecular weight excluding hydrogens is 146 g/mol. The van der Waals surface area contributed by atoms with Crippen LogP contribution in [0.4, 0.5) is 0 Å². The molecule has 10 heavy (non-hydrogen) atoms. The molecule has 2 heteroatoms. The SMILES string of the molecule is CCC1=CC(Cl)=NC=C=C1. The van der Waals surface area contributed by atoms with Gasteiger partial charge in [-0.1, -0.05) is 18.5 Å². The molecule has 0 saturated carbocycles. The fourth-order valence-electron chi connectivity index (χ4n) is 0.679. The van der Waals surface area contributed by atoms with Crippen molar-refractivity contribution >= 4 is 16.8 Å². The van der Waals surface area contributed by atoms with Crippen molar-refractivity contribution in [1.82, 2.24) is 0 Å². The standard InChI is InChI=1S/C8H8ClN/c1-2-7-4-3-5-10-8(9)6-7/h4-6H,2H2,1H3. The van der Waals surface area contributed by atoms with Crippen LogP contribution in [0.1, 0.15) is 13.3 Å². The van der Waals surface area contributed by atoms with Crippen LogP contribution in [0, 0.1) is 0 Å². The fourth-order valence-corrected chi connectivity index (χ4v) is 0.868. The van der Waals surface area contributed by atoms with E-state index >= 15 is 0 Å². The van der Waals surface area contributed by atoms with Gasteiger partial charge in [0.1, 0.15) is 5.17 Å². The first-order valence-electron chi connectivity index (χ1n) is 3.17. The minimum absolute atomic E-state index is 0.526. The Bertz CT molecular complexity index is 242. The minimum atomic E-state index is 0.526. The topological polar surface area (TPSA) is 12.4 Å². The van der Waals surface area contributed by atoms with E-state index in [0.717, 1.165) is 12.0 Å². The number of hydrogen-bond donors (Lipinski definition) is 0. The molecule has 0 aliphatic carbocycles. The number of halogens is 1. The Hall–Kier alpha value is -0.780. The first-order chi connectivity index (χ1) is 4.83. The second kappa shape index (κ2) is 3.40. The van der Waals surface area contributed by atoms with Gasteiger partial charge in [-0.3, -0.25) is 0 Å². The first-order valence-corrected chi connectivity index (χ1v) is 3.55. The third-order valence-corrected chi connectivity index (χ3v) is 1.45. The first kappa shape index (κ1) is 7.33. The summed E-state index contributed by atoms with van der Waals surface area (Å²) < 4.78 is 0. The molecule has 0 bridgehead atoms. The molecule has 0 amide bonds. The van der Waals surface area contributed by atoms with Crippen LogP contribution in [-0.4, -0.2) is 5.17 Å². The largest absolute Gasteiger partial charge is 0.236 e. The average Bonchev–Trinajstić information content (AvgIpc) is 2.13. The molecule has 1 rings (SSSR count). The Morgan fingerprint density at radius 1 is 1.70 bits per heavy atom. The fraction of sp³-hybridized carbons (Fsp3) is 0.250. The molecule has 0 unspecified atom stereocenters. The maximum atomic E-state index is 5.68. The predicted molar refractivity (Wildman–Crippen MR) is 44.3 cm³/mol. The maximum Gasteiger partial charge on any atom is 0.130 e. The maximum absolute atomic E-state index is 5.68. The summed E-state index contributed by atoms with van der Waals surface area (Å²) in [5, 5.41) is 0.526. The third-order valence-electron chi connectivity index (χ3n) is 1.24. The smallest absolute Gasteiger partial charge is 0.130 e. The van der Waals surface area contributed by atoms with Crippen molar-refractivity contribution in [3.63, 3.8) is 0 Å². The van der Waals surface area contributed by atoms with Crippen molar-refractivity contribution in [2.24, 2.45) is 4.99 Å². The average molecular weight is 154 g/mol. The Morgan fingerprint density at radius 2 is 2.50 bits per heavy atom. The lowest BCUT2D eigenvalue weighted by molar-refractivity contribution is 1.16. The van der Waals surface area contributed by atoms with Gasteiger partial charge in [0.25, 0.3) is 0 Å². The van der Waals surface area contributed by atoms with E-state index in [1.54, 1.807) is 6.20 Å². The van der Waals surface area contributed by atoms with E-state index in [2.05, 4.69) is 17.6 Å². The Morgan fingerprint density at radius 3 is 3.20 bits per heavy atom. The summed E-state index contributed by atoms with van der Waals surface area (Å²) in [6.07, 6.45) is 6.27. The molecule has 0 saturated heterocycles. The monoisotopic (exact) mass is 153 g/mol. The van der Waals surface area contributed by atoms with Gasteiger partial charge >= 0.3 is 0 Å². The van der Waals surface area contributed by atoms with Crippen molar-refractivity contribution in [3.8, 4) is 0 Å². The van der Waals surface area contributed by atoms with Gasteiger partial charge in [-0.15, -0.1) is 5.73 Å². The molecule has 1 aliphatic heterocycles. The molecule has 0 N–H and O–H groups in total. The van der Waals surface area contributed by atoms with Crippen molar-refractivity contribution < 1.29 is 0 Å². The molecular formula is C8H8ClN. The van der Waals surface area contributed by atoms with Gasteiger partial charge < -0.3 is 0 Å². The van der Waals surface area contributed by atoms with Crippen LogP contribution in [0.25, 0.3) is 0 Å². The predicted octanol–water partition coefficient (Wildman–Crippen LogP) is 2.64. The molecule has 52 valence electrons. The van der Waals surface area contributed by atoms with Crippen molar-refractivity contribution in [2.75, 3.05) is 0 Å². The van der Waals surface area contributed by atoms with Crippen LogP contribution in [0.3, 0.4) is 0 Å². The molecule has 0 atom stereocenters. The van der Waals surface area contributed by atoms with Crippen molar-refractivity contribution in [2.45, 2.75) is 13.3 Å². The summed E-state index contributed by atoms with van der Waals surface area (Å²) >= 11 is 5.68. The molecule has 0 aromatic heterocycles. The summed E-state index contributed by atoms with van der Waals surface area (Å²) in [4.78, 5) is 3.86. The third kappa shape index (κ3) is 1.87. The van der Waals surface area contributed by atoms with Crippen LogP contribution < -0.4 is 0 Å². The lowest BCUT2D eigenvalue weighted by atomic mass is 10.2. The van der Waals surface area contributed by atoms with Gasteiger partial charge in [0, 0.05) is 0 Å². The van der Waals surface area contributed by atoms with Crippen LogP contribution >= 0.6 is 11.6 Å². The highest BCUT2D eigenvalue weighted by Gasteiger charge is 1.92. The van der Waals surface area contributed by atoms with Gasteiger partial charge in [0.15, 0.2) is 0 Å². The van der Waals surface area contributed by atoms with Crippen LogP contribution in [0.2, 0.25) is 0 Å². The van der Waals surface area contributed by atoms with Gasteiger partial charge in [0.05, 0.1) is 6.20 Å². The van der Waals surface area contributed by atoms with Crippen LogP contribution in [0.15, 0.2) is 34.6 Å². The highest BCUT2D eigenvalue weighted by atomic mass is 35.5. The molecule has 0 aromatic carbocycles. The summed E-state index contributed by atoms with van der Waals surface area (Å²) in [5.41, 5.74) is 4.04. The number of aliphatic imine (C=N–C) groups is 1. The molecule has 0 aromatic rings. The van der Waals surface area contributed by atoms with Crippen LogP contribution in [-0.2, 0) is 0 Å². The minimum Gasteiger partial charge on any atom is -0.236 e. The number of nitrogens with zero attached hydrogens (tertiary/aromatic N) is 1. The molecule has 1 nitrogen and oxygen atoms in total. The highest BCUT2D eigenvalue weighted by molar-refractivity contribution is 6.68. The summed E-state index contributed by atoms with van der Waals surface area (Å²) in [6, 6.07) is 0. The van der Waals surface area contributed by atoms with Crippen LogP contribution in [0.5, 0.6) is 0 Å². The zero-order valence-electron chi connectivity index (χ0n) is 5.76. The van der Waals surface area contributed by atoms with E-state index in [4.69, 9.17) is 11.6 Å². The quantitative estimate of drug-likeness (QED) is 0.514. The zero-order chi connectivity index (χ0) is 7.40. The molecule has 0 spiro atoms. The molecule has 1 aliphatic rings. The second-order valence-corrected chi connectivity index (χ2v) is 2.35. The number of allylic oxidation sites excluding steroid dienone is 3. The van der Waals surface area contributed by atoms with E-state index < -0.39 is 0 Å². The lowest BCUT2D eigenvalue weighted by Crippen LogP contribution is -1.80. The van der Waals surface area contributed by atoms with E-state index in [1.807, 2.05) is 12.2 Å². The number of rotatable bonds is 1. The van der Waals surface area contributed by atoms with Gasteiger partial charge in [-0.25, -0.2) is 4.99 Å². The van der Waals surface area contributed by atoms with E-state index in [1.165, 1.54) is 0 Å². The Balaban J connectivity index is 2.93. The Kier molecular flexibility index (Phi) is 2.49. The lowest BCUT2D eigenvalue weighted by Gasteiger charge is -1.90. The van der Waals surface area contributed by atoms with Gasteiger partial charge in [-0.05, 0) is 24.1 Å². The molecule has 0 radical (unpaired) electrons. The highest BCUT2D eigenvalue weighted by Crippen LogP contribution is 2.06. The van der Waals surface area contributed by atoms with Crippen molar-refractivity contribution in [1.29, 1.82) is 0 Å². The second-order valence-electron chi connectivity index (χ2n) is 1.96. The van der Waals surface area contributed by atoms with E-state index in [9.17, 15) is 0 Å². The van der Waals surface area contributed by atoms with Gasteiger partial charge in [0.2, 0.25) is 0 Å². The van der Waals surface area contributed by atoms with Crippen molar-refractivity contribution in [3.05, 3.63) is 29.7 Å². The van der Waals surface area contributed by atoms with Gasteiger partial charge in [-0.2, -0.15) is 0 Å². The van der Waals surface area contributed by atoms with E-state index in [0.29, 0.717) is 5.17 Å². The summed E-state index contributed by atoms with van der Waals surface area (Å²) in [5.74, 6) is 0. The Labute approximate surface area is 65.4 Å².